The molecule has 1 unspecified atom stereocenters. The Hall–Kier alpha value is -0.0951. The highest BCUT2D eigenvalue weighted by molar-refractivity contribution is 6.11. The predicted molar refractivity (Wildman–Crippen MR) is 50.4 cm³/mol. The molecule has 2 aliphatic rings. The van der Waals surface area contributed by atoms with Crippen molar-refractivity contribution in [3.05, 3.63) is 0 Å². The molecule has 0 aromatic carbocycles. The molecule has 0 saturated carbocycles. The van der Waals surface area contributed by atoms with Gasteiger partial charge < -0.3 is 18.9 Å². The molecule has 2 fully saturated rings. The minimum atomic E-state index is -0.411. The van der Waals surface area contributed by atoms with Crippen LogP contribution in [-0.2, 0) is 18.9 Å². The van der Waals surface area contributed by atoms with E-state index in [1.165, 1.54) is 0 Å². The summed E-state index contributed by atoms with van der Waals surface area (Å²) in [6.07, 6.45) is 0.485. The maximum Gasteiger partial charge on any atom is 0.122 e. The number of hydrogen-bond acceptors (Lipinski definition) is 4. The Labute approximate surface area is 85.3 Å². The van der Waals surface area contributed by atoms with Gasteiger partial charge in [0.25, 0.3) is 0 Å². The number of hydrogen-bond donors (Lipinski definition) is 0. The summed E-state index contributed by atoms with van der Waals surface area (Å²) in [6, 6.07) is -0.405. The van der Waals surface area contributed by atoms with Crippen molar-refractivity contribution in [1.29, 1.82) is 0 Å². The van der Waals surface area contributed by atoms with E-state index in [4.69, 9.17) is 26.8 Å². The molecule has 2 saturated heterocycles. The van der Waals surface area contributed by atoms with Gasteiger partial charge in [0.05, 0.1) is 13.2 Å². The van der Waals surface area contributed by atoms with E-state index >= 15 is 0 Å². The molecule has 2 rings (SSSR count). The van der Waals surface area contributed by atoms with Gasteiger partial charge in [0.15, 0.2) is 0 Å². The molecule has 78 valence electrons. The van der Waals surface area contributed by atoms with Crippen LogP contribution in [0, 0.1) is 0 Å². The quantitative estimate of drug-likeness (QED) is 0.583. The minimum absolute atomic E-state index is 0.119. The molecule has 0 N–H and O–H groups in total. The zero-order valence-electron chi connectivity index (χ0n) is 8.56. The first-order valence-electron chi connectivity index (χ1n) is 4.80. The van der Waals surface area contributed by atoms with Gasteiger partial charge in [-0.3, -0.25) is 0 Å². The van der Waals surface area contributed by atoms with Crippen LogP contribution in [0.15, 0.2) is 0 Å². The van der Waals surface area contributed by atoms with E-state index < -0.39 is 11.6 Å². The van der Waals surface area contributed by atoms with Crippen molar-refractivity contribution in [3.63, 3.8) is 0 Å². The zero-order valence-corrected chi connectivity index (χ0v) is 8.56. The first kappa shape index (κ1) is 10.4. The maximum atomic E-state index is 5.82. The molecule has 0 aromatic rings. The summed E-state index contributed by atoms with van der Waals surface area (Å²) >= 11 is 0. The molecule has 2 heterocycles. The average Bonchev–Trinajstić information content (AvgIpc) is 2.30. The fraction of sp³-hybridized carbons (Fsp3) is 1.00. The highest BCUT2D eigenvalue weighted by atomic mass is 16.6. The molecule has 5 heteroatoms. The van der Waals surface area contributed by atoms with E-state index in [-0.39, 0.29) is 12.2 Å². The lowest BCUT2D eigenvalue weighted by atomic mass is 9.86. The van der Waals surface area contributed by atoms with Crippen LogP contribution < -0.4 is 0 Å². The molecule has 2 radical (unpaired) electrons. The number of ether oxygens (including phenoxy) is 4. The first-order chi connectivity index (χ1) is 6.73. The third kappa shape index (κ3) is 1.39. The van der Waals surface area contributed by atoms with Crippen molar-refractivity contribution in [2.45, 2.75) is 30.2 Å². The van der Waals surface area contributed by atoms with Crippen molar-refractivity contribution >= 4 is 7.85 Å². The Morgan fingerprint density at radius 1 is 1.50 bits per heavy atom. The topological polar surface area (TPSA) is 36.9 Å². The monoisotopic (exact) mass is 198 g/mol. The number of fused-ring (bicyclic) bond motifs is 2. The zero-order chi connectivity index (χ0) is 10.2. The molecule has 2 aliphatic heterocycles. The summed E-state index contributed by atoms with van der Waals surface area (Å²) < 4.78 is 21.8. The largest absolute Gasteiger partial charge is 0.382 e. The van der Waals surface area contributed by atoms with E-state index in [9.17, 15) is 0 Å². The second-order valence-corrected chi connectivity index (χ2v) is 3.82. The Morgan fingerprint density at radius 3 is 2.93 bits per heavy atom. The van der Waals surface area contributed by atoms with Crippen LogP contribution in [0.4, 0.5) is 0 Å². The van der Waals surface area contributed by atoms with E-state index in [1.54, 1.807) is 14.2 Å². The van der Waals surface area contributed by atoms with Crippen LogP contribution in [0.2, 0.25) is 0 Å². The van der Waals surface area contributed by atoms with Gasteiger partial charge in [0.2, 0.25) is 0 Å². The van der Waals surface area contributed by atoms with Crippen LogP contribution in [-0.4, -0.2) is 59.1 Å². The molecule has 0 amide bonds. The van der Waals surface area contributed by atoms with Crippen molar-refractivity contribution in [1.82, 2.24) is 0 Å². The van der Waals surface area contributed by atoms with Gasteiger partial charge >= 0.3 is 0 Å². The molecule has 4 nitrogen and oxygen atoms in total. The Balaban J connectivity index is 2.20. The van der Waals surface area contributed by atoms with Gasteiger partial charge in [0, 0.05) is 26.6 Å². The molecule has 0 aliphatic carbocycles. The highest BCUT2D eigenvalue weighted by Gasteiger charge is 2.56. The van der Waals surface area contributed by atoms with Crippen LogP contribution in [0.25, 0.3) is 0 Å². The standard InChI is InChI=1S/C9H15BO4/c1-11-5-9-3-4-13-6(7(9)12-2)8(10)14-9/h6-8H,3-5H2,1-2H3/t6-,7?,8-,9-/m0/s1. The normalized spacial score (nSPS) is 46.9. The summed E-state index contributed by atoms with van der Waals surface area (Å²) in [4.78, 5) is 0. The van der Waals surface area contributed by atoms with Crippen LogP contribution in [0.5, 0.6) is 0 Å². The van der Waals surface area contributed by atoms with Gasteiger partial charge in [-0.05, 0) is 0 Å². The number of rotatable bonds is 3. The van der Waals surface area contributed by atoms with E-state index in [0.717, 1.165) is 6.42 Å². The van der Waals surface area contributed by atoms with Crippen molar-refractivity contribution < 1.29 is 18.9 Å². The lowest BCUT2D eigenvalue weighted by molar-refractivity contribution is -0.155. The molecular formula is C9H15BO4. The van der Waals surface area contributed by atoms with Crippen molar-refractivity contribution in [3.8, 4) is 0 Å². The lowest BCUT2D eigenvalue weighted by Crippen LogP contribution is -2.52. The first-order valence-corrected chi connectivity index (χ1v) is 4.80. The molecule has 4 atom stereocenters. The van der Waals surface area contributed by atoms with Gasteiger partial charge in [0.1, 0.15) is 25.7 Å². The van der Waals surface area contributed by atoms with E-state index in [0.29, 0.717) is 13.2 Å². The summed E-state index contributed by atoms with van der Waals surface area (Å²) in [5, 5.41) is 0. The summed E-state index contributed by atoms with van der Waals surface area (Å²) in [5.41, 5.74) is -0.411. The highest BCUT2D eigenvalue weighted by Crippen LogP contribution is 2.40. The molecule has 14 heavy (non-hydrogen) atoms. The van der Waals surface area contributed by atoms with Crippen LogP contribution in [0.1, 0.15) is 6.42 Å². The van der Waals surface area contributed by atoms with Gasteiger partial charge in [-0.2, -0.15) is 0 Å². The third-order valence-corrected chi connectivity index (χ3v) is 2.99. The number of methoxy groups -OCH3 is 2. The fourth-order valence-electron chi connectivity index (χ4n) is 2.41. The fourth-order valence-corrected chi connectivity index (χ4v) is 2.41. The van der Waals surface area contributed by atoms with Gasteiger partial charge in [-0.25, -0.2) is 0 Å². The average molecular weight is 198 g/mol. The second-order valence-electron chi connectivity index (χ2n) is 3.82. The van der Waals surface area contributed by atoms with Crippen molar-refractivity contribution in [2.24, 2.45) is 0 Å². The van der Waals surface area contributed by atoms with Gasteiger partial charge in [-0.15, -0.1) is 0 Å². The Bertz CT molecular complexity index is 209. The van der Waals surface area contributed by atoms with Gasteiger partial charge in [-0.1, -0.05) is 0 Å². The lowest BCUT2D eigenvalue weighted by Gasteiger charge is -2.37. The third-order valence-electron chi connectivity index (χ3n) is 2.99. The molecular weight excluding hydrogens is 183 g/mol. The van der Waals surface area contributed by atoms with E-state index in [1.807, 2.05) is 0 Å². The second kappa shape index (κ2) is 3.81. The van der Waals surface area contributed by atoms with Crippen molar-refractivity contribution in [2.75, 3.05) is 27.4 Å². The smallest absolute Gasteiger partial charge is 0.122 e. The molecule has 0 aromatic heterocycles. The summed E-state index contributed by atoms with van der Waals surface area (Å²) in [5.74, 6) is 0. The maximum absolute atomic E-state index is 5.82. The Morgan fingerprint density at radius 2 is 2.29 bits per heavy atom. The summed E-state index contributed by atoms with van der Waals surface area (Å²) in [7, 11) is 9.12. The predicted octanol–water partition coefficient (Wildman–Crippen LogP) is -0.300. The SMILES string of the molecule is [B][C@H]1O[C@]2(COC)CCO[C@H]1C2OC. The van der Waals surface area contributed by atoms with Crippen LogP contribution >= 0.6 is 0 Å². The van der Waals surface area contributed by atoms with E-state index in [2.05, 4.69) is 0 Å². The molecule has 0 spiro atoms. The van der Waals surface area contributed by atoms with Crippen LogP contribution in [0.3, 0.4) is 0 Å². The summed E-state index contributed by atoms with van der Waals surface area (Å²) in [6.45, 7) is 1.15. The molecule has 2 bridgehead atoms. The Kier molecular flexibility index (Phi) is 2.84. The minimum Gasteiger partial charge on any atom is -0.382 e.